The zero-order chi connectivity index (χ0) is 25.9. The van der Waals surface area contributed by atoms with Crippen molar-refractivity contribution in [2.24, 2.45) is 4.99 Å². The molecule has 1 atom stereocenters. The fraction of sp³-hybridized carbons (Fsp3) is 0.276. The maximum absolute atomic E-state index is 11.2. The first kappa shape index (κ1) is 24.9. The van der Waals surface area contributed by atoms with Crippen molar-refractivity contribution in [2.75, 3.05) is 36.8 Å². The van der Waals surface area contributed by atoms with E-state index in [-0.39, 0.29) is 0 Å². The van der Waals surface area contributed by atoms with Crippen LogP contribution in [-0.4, -0.2) is 64.0 Å². The lowest BCUT2D eigenvalue weighted by Gasteiger charge is -2.36. The second kappa shape index (κ2) is 11.1. The Morgan fingerprint density at radius 3 is 2.58 bits per heavy atom. The molecule has 1 fully saturated rings. The molecule has 38 heavy (non-hydrogen) atoms. The van der Waals surface area contributed by atoms with E-state index in [1.54, 1.807) is 0 Å². The summed E-state index contributed by atoms with van der Waals surface area (Å²) in [5.41, 5.74) is 4.62. The number of benzene rings is 3. The van der Waals surface area contributed by atoms with E-state index in [1.165, 1.54) is 34.3 Å². The molecule has 0 spiro atoms. The minimum Gasteiger partial charge on any atom is -0.489 e. The number of anilines is 1. The third-order valence-corrected chi connectivity index (χ3v) is 8.98. The van der Waals surface area contributed by atoms with Gasteiger partial charge >= 0.3 is 5.97 Å². The number of hydrogen-bond donors (Lipinski definition) is 1. The third-order valence-electron chi connectivity index (χ3n) is 6.78. The average Bonchev–Trinajstić information content (AvgIpc) is 3.61. The quantitative estimate of drug-likeness (QED) is 0.329. The van der Waals surface area contributed by atoms with Crippen LogP contribution in [0.1, 0.15) is 16.1 Å². The van der Waals surface area contributed by atoms with E-state index in [2.05, 4.69) is 74.4 Å². The molecule has 7 nitrogen and oxygen atoms in total. The number of aliphatic carboxylic acids is 1. The van der Waals surface area contributed by atoms with Crippen LogP contribution in [0.2, 0.25) is 0 Å². The molecule has 1 N–H and O–H groups in total. The molecular formula is C29H28N4O3S2. The van der Waals surface area contributed by atoms with Gasteiger partial charge in [-0.1, -0.05) is 42.5 Å². The first-order valence-electron chi connectivity index (χ1n) is 12.7. The lowest BCUT2D eigenvalue weighted by Crippen LogP contribution is -2.45. The highest BCUT2D eigenvalue weighted by molar-refractivity contribution is 8.15. The summed E-state index contributed by atoms with van der Waals surface area (Å²) in [6.45, 7) is 5.62. The van der Waals surface area contributed by atoms with Gasteiger partial charge in [-0.3, -0.25) is 9.89 Å². The van der Waals surface area contributed by atoms with Crippen molar-refractivity contribution in [3.05, 3.63) is 88.9 Å². The average molecular weight is 545 g/mol. The van der Waals surface area contributed by atoms with Crippen molar-refractivity contribution < 1.29 is 14.6 Å². The summed E-state index contributed by atoms with van der Waals surface area (Å²) in [6, 6.07) is 24.5. The molecule has 0 bridgehead atoms. The normalized spacial score (nSPS) is 18.1. The first-order chi connectivity index (χ1) is 18.6. The molecule has 6 rings (SSSR count). The predicted molar refractivity (Wildman–Crippen MR) is 155 cm³/mol. The molecule has 0 unspecified atom stereocenters. The predicted octanol–water partition coefficient (Wildman–Crippen LogP) is 5.14. The van der Waals surface area contributed by atoms with Gasteiger partial charge in [0.1, 0.15) is 22.4 Å². The number of piperazine rings is 1. The molecule has 1 saturated heterocycles. The number of ether oxygens (including phenoxy) is 1. The molecule has 0 saturated carbocycles. The van der Waals surface area contributed by atoms with Crippen molar-refractivity contribution >= 4 is 50.0 Å². The molecular weight excluding hydrogens is 516 g/mol. The minimum atomic E-state index is -0.890. The topological polar surface area (TPSA) is 78.3 Å². The Labute approximate surface area is 229 Å². The molecule has 2 aliphatic rings. The zero-order valence-electron chi connectivity index (χ0n) is 20.8. The van der Waals surface area contributed by atoms with Crippen LogP contribution in [-0.2, 0) is 17.9 Å². The van der Waals surface area contributed by atoms with Crippen LogP contribution >= 0.6 is 23.1 Å². The number of thiazole rings is 1. The molecule has 9 heteroatoms. The Morgan fingerprint density at radius 2 is 1.79 bits per heavy atom. The van der Waals surface area contributed by atoms with Crippen LogP contribution in [0.15, 0.2) is 77.8 Å². The van der Waals surface area contributed by atoms with Crippen molar-refractivity contribution in [3.63, 3.8) is 0 Å². The number of carboxylic acids is 1. The molecule has 0 radical (unpaired) electrons. The van der Waals surface area contributed by atoms with E-state index >= 15 is 0 Å². The fourth-order valence-electron chi connectivity index (χ4n) is 4.75. The van der Waals surface area contributed by atoms with Gasteiger partial charge in [0.15, 0.2) is 6.04 Å². The minimum absolute atomic E-state index is 0.456. The molecule has 4 aromatic rings. The van der Waals surface area contributed by atoms with E-state index in [0.717, 1.165) is 59.3 Å². The van der Waals surface area contributed by atoms with Crippen LogP contribution in [0.5, 0.6) is 5.75 Å². The smallest absolute Gasteiger partial charge is 0.329 e. The third kappa shape index (κ3) is 5.70. The Morgan fingerprint density at radius 1 is 0.974 bits per heavy atom. The fourth-order valence-corrected chi connectivity index (χ4v) is 6.84. The monoisotopic (exact) mass is 544 g/mol. The molecule has 0 aliphatic carbocycles. The number of carbonyl (C=O) groups is 1. The summed E-state index contributed by atoms with van der Waals surface area (Å²) in [5.74, 6) is 0.358. The molecule has 1 aromatic heterocycles. The summed E-state index contributed by atoms with van der Waals surface area (Å²) in [5, 5.41) is 10.7. The van der Waals surface area contributed by atoms with Gasteiger partial charge in [-0.05, 0) is 41.5 Å². The maximum atomic E-state index is 11.2. The largest absolute Gasteiger partial charge is 0.489 e. The summed E-state index contributed by atoms with van der Waals surface area (Å²) < 4.78 is 7.14. The number of para-hydroxylation sites is 1. The molecule has 0 amide bonds. The van der Waals surface area contributed by atoms with Gasteiger partial charge in [-0.25, -0.2) is 9.78 Å². The van der Waals surface area contributed by atoms with Gasteiger partial charge in [0.2, 0.25) is 0 Å². The van der Waals surface area contributed by atoms with E-state index in [0.29, 0.717) is 17.4 Å². The van der Waals surface area contributed by atoms with Gasteiger partial charge < -0.3 is 14.7 Å². The Hall–Kier alpha value is -3.40. The number of fused-ring (bicyclic) bond motifs is 1. The zero-order valence-corrected chi connectivity index (χ0v) is 22.5. The van der Waals surface area contributed by atoms with E-state index < -0.39 is 12.0 Å². The van der Waals surface area contributed by atoms with E-state index in [4.69, 9.17) is 4.74 Å². The highest BCUT2D eigenvalue weighted by atomic mass is 32.2. The van der Waals surface area contributed by atoms with Crippen LogP contribution in [0, 0.1) is 0 Å². The first-order valence-corrected chi connectivity index (χ1v) is 14.5. The number of thioether (sulfide) groups is 1. The summed E-state index contributed by atoms with van der Waals surface area (Å²) in [7, 11) is 0. The van der Waals surface area contributed by atoms with Gasteiger partial charge in [-0.2, -0.15) is 0 Å². The highest BCUT2D eigenvalue weighted by Crippen LogP contribution is 2.32. The number of aromatic nitrogens is 1. The van der Waals surface area contributed by atoms with E-state index in [1.807, 2.05) is 18.2 Å². The molecule has 3 aromatic carbocycles. The second-order valence-corrected chi connectivity index (χ2v) is 11.5. The van der Waals surface area contributed by atoms with Crippen molar-refractivity contribution in [1.29, 1.82) is 0 Å². The van der Waals surface area contributed by atoms with Crippen LogP contribution in [0.25, 0.3) is 10.2 Å². The lowest BCUT2D eigenvalue weighted by atomic mass is 10.1. The SMILES string of the molecule is O=C(O)[C@H]1CSC(c2nc3ccc(OCc4cccc(CN5CCN(c6ccccc6)CC5)c4)cc3s2)=N1. The Balaban J connectivity index is 1.05. The second-order valence-electron chi connectivity index (χ2n) is 9.46. The molecule has 3 heterocycles. The summed E-state index contributed by atoms with van der Waals surface area (Å²) in [4.78, 5) is 25.1. The maximum Gasteiger partial charge on any atom is 0.329 e. The van der Waals surface area contributed by atoms with Gasteiger partial charge in [0.05, 0.1) is 10.2 Å². The summed E-state index contributed by atoms with van der Waals surface area (Å²) in [6.07, 6.45) is 0. The van der Waals surface area contributed by atoms with Crippen LogP contribution in [0.4, 0.5) is 5.69 Å². The van der Waals surface area contributed by atoms with Crippen molar-refractivity contribution in [1.82, 2.24) is 9.88 Å². The number of nitrogens with zero attached hydrogens (tertiary/aromatic N) is 4. The van der Waals surface area contributed by atoms with Crippen LogP contribution < -0.4 is 9.64 Å². The number of rotatable bonds is 8. The standard InChI is InChI=1S/C29H28N4O3S2/c34-29(35)25-19-37-27(31-25)28-30-24-10-9-23(16-26(24)38-28)36-18-21-6-4-5-20(15-21)17-32-11-13-33(14-12-32)22-7-2-1-3-8-22/h1-10,15-16,25H,11-14,17-19H2,(H,34,35)/t25-/m1/s1. The molecule has 194 valence electrons. The molecule has 2 aliphatic heterocycles. The van der Waals surface area contributed by atoms with E-state index in [9.17, 15) is 9.90 Å². The van der Waals surface area contributed by atoms with Crippen molar-refractivity contribution in [3.8, 4) is 5.75 Å². The van der Waals surface area contributed by atoms with Gasteiger partial charge in [0.25, 0.3) is 0 Å². The highest BCUT2D eigenvalue weighted by Gasteiger charge is 2.27. The summed E-state index contributed by atoms with van der Waals surface area (Å²) >= 11 is 2.97. The van der Waals surface area contributed by atoms with Crippen LogP contribution in [0.3, 0.4) is 0 Å². The number of hydrogen-bond acceptors (Lipinski definition) is 8. The lowest BCUT2D eigenvalue weighted by molar-refractivity contribution is -0.137. The van der Waals surface area contributed by atoms with Gasteiger partial charge in [-0.15, -0.1) is 23.1 Å². The van der Waals surface area contributed by atoms with Gasteiger partial charge in [0, 0.05) is 44.2 Å². The van der Waals surface area contributed by atoms with Crippen molar-refractivity contribution in [2.45, 2.75) is 19.2 Å². The Kier molecular flexibility index (Phi) is 7.31. The Bertz CT molecular complexity index is 1470. The number of aliphatic imine (C=N–C) groups is 1. The number of carboxylic acid groups (broad SMARTS) is 1.